The molecule has 0 aromatic carbocycles. The van der Waals surface area contributed by atoms with Crippen molar-refractivity contribution in [2.45, 2.75) is 27.7 Å². The smallest absolute Gasteiger partial charge is 0.396 e. The summed E-state index contributed by atoms with van der Waals surface area (Å²) in [6.07, 6.45) is 0. The first-order valence-electron chi connectivity index (χ1n) is 5.11. The minimum absolute atomic E-state index is 0.219. The van der Waals surface area contributed by atoms with E-state index >= 15 is 0 Å². The molecule has 0 unspecified atom stereocenters. The van der Waals surface area contributed by atoms with Gasteiger partial charge in [-0.2, -0.15) is 0 Å². The molecule has 15 heavy (non-hydrogen) atoms. The molecule has 1 N–H and O–H groups in total. The number of hydrogen-bond acceptors (Lipinski definition) is 3. The predicted molar refractivity (Wildman–Crippen MR) is 56.1 cm³/mol. The lowest BCUT2D eigenvalue weighted by molar-refractivity contribution is -0.152. The summed E-state index contributed by atoms with van der Waals surface area (Å²) in [5, 5.41) is 2.59. The van der Waals surface area contributed by atoms with Gasteiger partial charge in [0.15, 0.2) is 0 Å². The highest BCUT2D eigenvalue weighted by atomic mass is 16.5. The number of ether oxygens (including phenoxy) is 1. The zero-order valence-electron chi connectivity index (χ0n) is 10.0. The summed E-state index contributed by atoms with van der Waals surface area (Å²) in [4.78, 5) is 22.0. The van der Waals surface area contributed by atoms with E-state index < -0.39 is 11.9 Å². The zero-order chi connectivity index (χ0) is 11.9. The van der Waals surface area contributed by atoms with Crippen molar-refractivity contribution in [1.82, 2.24) is 5.32 Å². The topological polar surface area (TPSA) is 55.4 Å². The van der Waals surface area contributed by atoms with E-state index in [0.717, 1.165) is 0 Å². The number of hydrogen-bond donors (Lipinski definition) is 1. The molecule has 0 atom stereocenters. The Kier molecular flexibility index (Phi) is 2.81. The van der Waals surface area contributed by atoms with E-state index in [0.29, 0.717) is 12.5 Å². The van der Waals surface area contributed by atoms with Gasteiger partial charge in [-0.25, -0.2) is 4.79 Å². The Morgan fingerprint density at radius 2 is 1.67 bits per heavy atom. The van der Waals surface area contributed by atoms with Crippen molar-refractivity contribution in [2.24, 2.45) is 16.7 Å². The molecule has 0 heterocycles. The molecule has 1 aliphatic carbocycles. The molecule has 0 aromatic rings. The van der Waals surface area contributed by atoms with Gasteiger partial charge in [-0.1, -0.05) is 27.7 Å². The van der Waals surface area contributed by atoms with Gasteiger partial charge in [0, 0.05) is 6.54 Å². The summed E-state index contributed by atoms with van der Waals surface area (Å²) >= 11 is 0. The number of amides is 1. The summed E-state index contributed by atoms with van der Waals surface area (Å²) in [6, 6.07) is 0. The molecule has 4 heteroatoms. The first kappa shape index (κ1) is 12.0. The highest BCUT2D eigenvalue weighted by molar-refractivity contribution is 6.32. The molecule has 1 saturated carbocycles. The molecule has 0 saturated heterocycles. The van der Waals surface area contributed by atoms with Gasteiger partial charge in [-0.15, -0.1) is 0 Å². The van der Waals surface area contributed by atoms with Gasteiger partial charge in [-0.3, -0.25) is 4.79 Å². The maximum atomic E-state index is 11.1. The van der Waals surface area contributed by atoms with E-state index in [1.54, 1.807) is 0 Å². The molecule has 1 aliphatic rings. The van der Waals surface area contributed by atoms with Crippen LogP contribution in [0.4, 0.5) is 0 Å². The van der Waals surface area contributed by atoms with Crippen molar-refractivity contribution in [3.8, 4) is 0 Å². The zero-order valence-corrected chi connectivity index (χ0v) is 10.0. The molecule has 0 aliphatic heterocycles. The molecular formula is C11H19NO3. The molecule has 86 valence electrons. The molecule has 4 nitrogen and oxygen atoms in total. The Balaban J connectivity index is 2.41. The Bertz CT molecular complexity index is 280. The second kappa shape index (κ2) is 3.51. The maximum absolute atomic E-state index is 11.1. The fourth-order valence-electron chi connectivity index (χ4n) is 2.20. The van der Waals surface area contributed by atoms with Crippen LogP contribution in [-0.2, 0) is 14.3 Å². The molecule has 0 aromatic heterocycles. The third-order valence-corrected chi connectivity index (χ3v) is 4.16. The van der Waals surface area contributed by atoms with Crippen LogP contribution in [0.5, 0.6) is 0 Å². The molecule has 1 rings (SSSR count). The van der Waals surface area contributed by atoms with Crippen molar-refractivity contribution < 1.29 is 14.3 Å². The van der Waals surface area contributed by atoms with Crippen LogP contribution in [0.15, 0.2) is 0 Å². The summed E-state index contributed by atoms with van der Waals surface area (Å²) < 4.78 is 4.32. The molecule has 0 radical (unpaired) electrons. The summed E-state index contributed by atoms with van der Waals surface area (Å²) in [6.45, 7) is 9.21. The molecule has 0 spiro atoms. The lowest BCUT2D eigenvalue weighted by atomic mass is 10.0. The van der Waals surface area contributed by atoms with Crippen LogP contribution in [0.3, 0.4) is 0 Å². The maximum Gasteiger partial charge on any atom is 0.396 e. The number of nitrogens with one attached hydrogen (secondary N) is 1. The fraction of sp³-hybridized carbons (Fsp3) is 0.818. The van der Waals surface area contributed by atoms with E-state index in [-0.39, 0.29) is 10.8 Å². The van der Waals surface area contributed by atoms with Crippen LogP contribution in [0, 0.1) is 16.7 Å². The fourth-order valence-corrected chi connectivity index (χ4v) is 2.20. The number of carbonyl (C=O) groups excluding carboxylic acids is 2. The Morgan fingerprint density at radius 1 is 1.20 bits per heavy atom. The lowest BCUT2D eigenvalue weighted by Crippen LogP contribution is -2.34. The highest BCUT2D eigenvalue weighted by Gasteiger charge is 2.64. The van der Waals surface area contributed by atoms with Crippen molar-refractivity contribution in [1.29, 1.82) is 0 Å². The summed E-state index contributed by atoms with van der Waals surface area (Å²) in [5.41, 5.74) is 0.437. The largest absolute Gasteiger partial charge is 0.462 e. The summed E-state index contributed by atoms with van der Waals surface area (Å²) in [7, 11) is 1.20. The second-order valence-electron chi connectivity index (χ2n) is 5.20. The Labute approximate surface area is 90.4 Å². The van der Waals surface area contributed by atoms with Crippen molar-refractivity contribution >= 4 is 11.9 Å². The monoisotopic (exact) mass is 213 g/mol. The van der Waals surface area contributed by atoms with Gasteiger partial charge in [0.1, 0.15) is 0 Å². The number of rotatable bonds is 2. The average Bonchev–Trinajstić information content (AvgIpc) is 2.53. The van der Waals surface area contributed by atoms with Crippen molar-refractivity contribution in [2.75, 3.05) is 13.7 Å². The van der Waals surface area contributed by atoms with Crippen LogP contribution in [0.25, 0.3) is 0 Å². The molecular weight excluding hydrogens is 194 g/mol. The molecule has 0 bridgehead atoms. The normalized spacial score (nSPS) is 21.9. The van der Waals surface area contributed by atoms with E-state index in [9.17, 15) is 9.59 Å². The lowest BCUT2D eigenvalue weighted by Gasteiger charge is -2.04. The minimum Gasteiger partial charge on any atom is -0.462 e. The molecule has 1 amide bonds. The van der Waals surface area contributed by atoms with E-state index in [2.05, 4.69) is 37.7 Å². The van der Waals surface area contributed by atoms with Crippen molar-refractivity contribution in [3.63, 3.8) is 0 Å². The highest BCUT2D eigenvalue weighted by Crippen LogP contribution is 2.67. The Hall–Kier alpha value is -1.06. The van der Waals surface area contributed by atoms with Gasteiger partial charge >= 0.3 is 11.9 Å². The number of esters is 1. The Morgan fingerprint density at radius 3 is 2.00 bits per heavy atom. The van der Waals surface area contributed by atoms with E-state index in [1.807, 2.05) is 0 Å². The van der Waals surface area contributed by atoms with Crippen molar-refractivity contribution in [3.05, 3.63) is 0 Å². The SMILES string of the molecule is COC(=O)C(=O)NCC1C(C)(C)C1(C)C. The standard InChI is InChI=1S/C11H19NO3/c1-10(2)7(11(10,3)4)6-12-8(13)9(14)15-5/h7H,6H2,1-5H3,(H,12,13). The van der Waals surface area contributed by atoms with Gasteiger partial charge in [-0.05, 0) is 16.7 Å². The van der Waals surface area contributed by atoms with Gasteiger partial charge in [0.25, 0.3) is 0 Å². The van der Waals surface area contributed by atoms with Crippen LogP contribution < -0.4 is 5.32 Å². The average molecular weight is 213 g/mol. The van der Waals surface area contributed by atoms with E-state index in [1.165, 1.54) is 7.11 Å². The van der Waals surface area contributed by atoms with Gasteiger partial charge in [0.2, 0.25) is 0 Å². The minimum atomic E-state index is -0.828. The number of methoxy groups -OCH3 is 1. The number of carbonyl (C=O) groups is 2. The van der Waals surface area contributed by atoms with Crippen LogP contribution >= 0.6 is 0 Å². The van der Waals surface area contributed by atoms with Crippen LogP contribution in [0.1, 0.15) is 27.7 Å². The van der Waals surface area contributed by atoms with E-state index in [4.69, 9.17) is 0 Å². The van der Waals surface area contributed by atoms with Crippen LogP contribution in [-0.4, -0.2) is 25.5 Å². The predicted octanol–water partition coefficient (Wildman–Crippen LogP) is 0.958. The first-order chi connectivity index (χ1) is 6.75. The second-order valence-corrected chi connectivity index (χ2v) is 5.20. The third kappa shape index (κ3) is 1.85. The quantitative estimate of drug-likeness (QED) is 0.549. The van der Waals surface area contributed by atoms with Crippen LogP contribution in [0.2, 0.25) is 0 Å². The van der Waals surface area contributed by atoms with Gasteiger partial charge in [0.05, 0.1) is 7.11 Å². The molecule has 1 fully saturated rings. The third-order valence-electron chi connectivity index (χ3n) is 4.16. The first-order valence-corrected chi connectivity index (χ1v) is 5.11. The van der Waals surface area contributed by atoms with Gasteiger partial charge < -0.3 is 10.1 Å². The summed E-state index contributed by atoms with van der Waals surface area (Å²) in [5.74, 6) is -1.07.